The van der Waals surface area contributed by atoms with Crippen molar-refractivity contribution in [3.05, 3.63) is 28.7 Å². The first kappa shape index (κ1) is 16.1. The summed E-state index contributed by atoms with van der Waals surface area (Å²) in [7, 11) is -3.86. The highest BCUT2D eigenvalue weighted by molar-refractivity contribution is 9.10. The van der Waals surface area contributed by atoms with Gasteiger partial charge in [0.1, 0.15) is 6.04 Å². The van der Waals surface area contributed by atoms with E-state index in [1.807, 2.05) is 0 Å². The molecule has 19 heavy (non-hydrogen) atoms. The molecule has 2 N–H and O–H groups in total. The number of carboxylic acid groups (broad SMARTS) is 1. The SMILES string of the molecule is CC(C)(C)C(NS(=O)(=O)c1ccc(Br)cc1)C(=O)O. The topological polar surface area (TPSA) is 83.5 Å². The van der Waals surface area contributed by atoms with Crippen LogP contribution in [0.25, 0.3) is 0 Å². The molecule has 1 atom stereocenters. The summed E-state index contributed by atoms with van der Waals surface area (Å²) in [5, 5.41) is 9.13. The van der Waals surface area contributed by atoms with Crippen LogP contribution in [0.2, 0.25) is 0 Å². The summed E-state index contributed by atoms with van der Waals surface area (Å²) in [5.41, 5.74) is -0.728. The Kier molecular flexibility index (Phi) is 4.76. The van der Waals surface area contributed by atoms with Crippen LogP contribution in [-0.4, -0.2) is 25.5 Å². The first-order chi connectivity index (χ1) is 8.54. The molecular formula is C12H16BrNO4S. The van der Waals surface area contributed by atoms with Crippen LogP contribution in [0.5, 0.6) is 0 Å². The Hall–Kier alpha value is -0.920. The summed E-state index contributed by atoms with van der Waals surface area (Å²) in [6, 6.07) is 4.80. The largest absolute Gasteiger partial charge is 0.480 e. The molecule has 0 fully saturated rings. The third-order valence-electron chi connectivity index (χ3n) is 2.51. The van der Waals surface area contributed by atoms with Crippen molar-refractivity contribution in [1.82, 2.24) is 4.72 Å². The van der Waals surface area contributed by atoms with Crippen LogP contribution < -0.4 is 4.72 Å². The van der Waals surface area contributed by atoms with Crippen LogP contribution in [0, 0.1) is 5.41 Å². The van der Waals surface area contributed by atoms with Crippen LogP contribution in [-0.2, 0) is 14.8 Å². The first-order valence-electron chi connectivity index (χ1n) is 5.55. The van der Waals surface area contributed by atoms with E-state index in [1.54, 1.807) is 32.9 Å². The number of carboxylic acids is 1. The number of sulfonamides is 1. The van der Waals surface area contributed by atoms with Crippen LogP contribution >= 0.6 is 15.9 Å². The zero-order chi connectivity index (χ0) is 14.8. The van der Waals surface area contributed by atoms with Gasteiger partial charge in [0.2, 0.25) is 10.0 Å². The Morgan fingerprint density at radius 2 is 1.74 bits per heavy atom. The molecule has 0 heterocycles. The minimum absolute atomic E-state index is 0.0335. The second-order valence-electron chi connectivity index (χ2n) is 5.21. The van der Waals surface area contributed by atoms with Crippen molar-refractivity contribution in [1.29, 1.82) is 0 Å². The van der Waals surface area contributed by atoms with Gasteiger partial charge in [-0.05, 0) is 29.7 Å². The van der Waals surface area contributed by atoms with Gasteiger partial charge in [0.15, 0.2) is 0 Å². The predicted molar refractivity (Wildman–Crippen MR) is 75.3 cm³/mol. The van der Waals surface area contributed by atoms with Gasteiger partial charge in [-0.1, -0.05) is 36.7 Å². The third kappa shape index (κ3) is 4.29. The molecule has 0 saturated heterocycles. The molecule has 1 unspecified atom stereocenters. The second kappa shape index (κ2) is 5.60. The summed E-state index contributed by atoms with van der Waals surface area (Å²) in [5.74, 6) is -1.20. The Labute approximate surface area is 121 Å². The number of aliphatic carboxylic acids is 1. The molecule has 0 spiro atoms. The quantitative estimate of drug-likeness (QED) is 0.872. The van der Waals surface area contributed by atoms with Gasteiger partial charge >= 0.3 is 5.97 Å². The zero-order valence-corrected chi connectivity index (χ0v) is 13.2. The van der Waals surface area contributed by atoms with Gasteiger partial charge in [0, 0.05) is 4.47 Å². The molecule has 0 radical (unpaired) electrons. The van der Waals surface area contributed by atoms with Gasteiger partial charge in [0.25, 0.3) is 0 Å². The van der Waals surface area contributed by atoms with Crippen molar-refractivity contribution in [3.8, 4) is 0 Å². The van der Waals surface area contributed by atoms with E-state index in [9.17, 15) is 13.2 Å². The molecule has 1 aromatic rings. The molecule has 0 saturated carbocycles. The van der Waals surface area contributed by atoms with Crippen molar-refractivity contribution in [2.24, 2.45) is 5.41 Å². The lowest BCUT2D eigenvalue weighted by molar-refractivity contribution is -0.141. The maximum Gasteiger partial charge on any atom is 0.322 e. The molecule has 0 amide bonds. The Morgan fingerprint density at radius 3 is 2.11 bits per heavy atom. The highest BCUT2D eigenvalue weighted by Gasteiger charge is 2.35. The van der Waals surface area contributed by atoms with Crippen molar-refractivity contribution in [2.45, 2.75) is 31.7 Å². The number of carbonyl (C=O) groups is 1. The van der Waals surface area contributed by atoms with E-state index in [2.05, 4.69) is 20.7 Å². The van der Waals surface area contributed by atoms with Crippen LogP contribution in [0.15, 0.2) is 33.6 Å². The van der Waals surface area contributed by atoms with Gasteiger partial charge in [-0.25, -0.2) is 8.42 Å². The smallest absolute Gasteiger partial charge is 0.322 e. The Balaban J connectivity index is 3.08. The van der Waals surface area contributed by atoms with Crippen molar-refractivity contribution >= 4 is 31.9 Å². The molecule has 0 aliphatic rings. The number of nitrogens with one attached hydrogen (secondary N) is 1. The molecule has 106 valence electrons. The minimum atomic E-state index is -3.86. The van der Waals surface area contributed by atoms with Crippen molar-refractivity contribution in [2.75, 3.05) is 0 Å². The maximum absolute atomic E-state index is 12.1. The van der Waals surface area contributed by atoms with Crippen molar-refractivity contribution < 1.29 is 18.3 Å². The van der Waals surface area contributed by atoms with Crippen molar-refractivity contribution in [3.63, 3.8) is 0 Å². The fraction of sp³-hybridized carbons (Fsp3) is 0.417. The Bertz CT molecular complexity index is 560. The third-order valence-corrected chi connectivity index (χ3v) is 4.48. The number of rotatable bonds is 4. The maximum atomic E-state index is 12.1. The molecule has 7 heteroatoms. The Morgan fingerprint density at radius 1 is 1.26 bits per heavy atom. The average Bonchev–Trinajstić information content (AvgIpc) is 2.24. The number of hydrogen-bond donors (Lipinski definition) is 2. The summed E-state index contributed by atoms with van der Waals surface area (Å²) >= 11 is 3.21. The monoisotopic (exact) mass is 349 g/mol. The molecule has 0 aliphatic heterocycles. The molecule has 1 rings (SSSR count). The lowest BCUT2D eigenvalue weighted by Crippen LogP contribution is -2.48. The van der Waals surface area contributed by atoms with Gasteiger partial charge in [-0.2, -0.15) is 4.72 Å². The summed E-state index contributed by atoms with van der Waals surface area (Å²) in [4.78, 5) is 11.2. The van der Waals surface area contributed by atoms with E-state index in [1.165, 1.54) is 12.1 Å². The second-order valence-corrected chi connectivity index (χ2v) is 7.84. The summed E-state index contributed by atoms with van der Waals surface area (Å²) in [6.07, 6.45) is 0. The molecule has 0 bridgehead atoms. The fourth-order valence-electron chi connectivity index (χ4n) is 1.43. The standard InChI is InChI=1S/C12H16BrNO4S/c1-12(2,3)10(11(15)16)14-19(17,18)9-6-4-8(13)5-7-9/h4-7,10,14H,1-3H3,(H,15,16). The highest BCUT2D eigenvalue weighted by atomic mass is 79.9. The van der Waals surface area contributed by atoms with E-state index in [0.29, 0.717) is 0 Å². The molecule has 0 aliphatic carbocycles. The van der Waals surface area contributed by atoms with Crippen LogP contribution in [0.3, 0.4) is 0 Å². The number of benzene rings is 1. The normalized spacial score (nSPS) is 14.1. The lowest BCUT2D eigenvalue weighted by Gasteiger charge is -2.27. The summed E-state index contributed by atoms with van der Waals surface area (Å²) < 4.78 is 27.2. The van der Waals surface area contributed by atoms with E-state index >= 15 is 0 Å². The average molecular weight is 350 g/mol. The van der Waals surface area contributed by atoms with E-state index in [-0.39, 0.29) is 4.90 Å². The zero-order valence-electron chi connectivity index (χ0n) is 10.8. The van der Waals surface area contributed by atoms with Gasteiger partial charge in [0.05, 0.1) is 4.90 Å². The van der Waals surface area contributed by atoms with E-state index in [0.717, 1.165) is 4.47 Å². The van der Waals surface area contributed by atoms with Crippen LogP contribution in [0.4, 0.5) is 0 Å². The highest BCUT2D eigenvalue weighted by Crippen LogP contribution is 2.22. The molecule has 0 aromatic heterocycles. The van der Waals surface area contributed by atoms with E-state index in [4.69, 9.17) is 5.11 Å². The van der Waals surface area contributed by atoms with E-state index < -0.39 is 27.4 Å². The van der Waals surface area contributed by atoms with Crippen LogP contribution in [0.1, 0.15) is 20.8 Å². The molecular weight excluding hydrogens is 334 g/mol. The first-order valence-corrected chi connectivity index (χ1v) is 7.82. The fourth-order valence-corrected chi connectivity index (χ4v) is 3.09. The van der Waals surface area contributed by atoms with Gasteiger partial charge in [-0.15, -0.1) is 0 Å². The minimum Gasteiger partial charge on any atom is -0.480 e. The van der Waals surface area contributed by atoms with Gasteiger partial charge in [-0.3, -0.25) is 4.79 Å². The molecule has 1 aromatic carbocycles. The lowest BCUT2D eigenvalue weighted by atomic mass is 9.88. The summed E-state index contributed by atoms with van der Waals surface area (Å²) in [6.45, 7) is 4.99. The number of halogens is 1. The number of hydrogen-bond acceptors (Lipinski definition) is 3. The predicted octanol–water partition coefficient (Wildman–Crippen LogP) is 2.23. The van der Waals surface area contributed by atoms with Gasteiger partial charge < -0.3 is 5.11 Å². The molecule has 5 nitrogen and oxygen atoms in total.